The number of hydrogen-bond donors (Lipinski definition) is 3. The van der Waals surface area contributed by atoms with E-state index >= 15 is 0 Å². The summed E-state index contributed by atoms with van der Waals surface area (Å²) in [6.07, 6.45) is 2.39. The lowest BCUT2D eigenvalue weighted by molar-refractivity contribution is 0.164. The topological polar surface area (TPSA) is 70.6 Å². The average molecular weight is 201 g/mol. The highest BCUT2D eigenvalue weighted by atomic mass is 16.3. The van der Waals surface area contributed by atoms with Crippen LogP contribution in [0.15, 0.2) is 4.99 Å². The van der Waals surface area contributed by atoms with Gasteiger partial charge < -0.3 is 10.8 Å². The van der Waals surface area contributed by atoms with Crippen molar-refractivity contribution in [2.24, 2.45) is 16.6 Å². The van der Waals surface area contributed by atoms with Crippen LogP contribution in [0.25, 0.3) is 0 Å². The average Bonchev–Trinajstić information content (AvgIpc) is 2.22. The van der Waals surface area contributed by atoms with Crippen LogP contribution >= 0.6 is 0 Å². The van der Waals surface area contributed by atoms with Crippen LogP contribution in [0.4, 0.5) is 0 Å². The molecule has 0 aliphatic rings. The molecular weight excluding hydrogens is 178 g/mol. The molecule has 0 spiro atoms. The second kappa shape index (κ2) is 7.91. The van der Waals surface area contributed by atoms with Gasteiger partial charge in [0.25, 0.3) is 0 Å². The number of hydrogen-bond acceptors (Lipinski definition) is 4. The zero-order chi connectivity index (χ0) is 11.0. The van der Waals surface area contributed by atoms with E-state index < -0.39 is 0 Å². The largest absolute Gasteiger partial charge is 0.392 e. The Morgan fingerprint density at radius 3 is 2.64 bits per heavy atom. The first kappa shape index (κ1) is 13.5. The maximum Gasteiger partial charge on any atom is 0.0962 e. The summed E-state index contributed by atoms with van der Waals surface area (Å²) in [6, 6.07) is 0. The third kappa shape index (κ3) is 7.00. The summed E-state index contributed by atoms with van der Waals surface area (Å²) in [7, 11) is 0. The molecule has 4 heteroatoms. The molecule has 0 heterocycles. The van der Waals surface area contributed by atoms with Gasteiger partial charge in [-0.1, -0.05) is 13.8 Å². The van der Waals surface area contributed by atoms with Gasteiger partial charge in [0, 0.05) is 18.7 Å². The SMILES string of the molecule is CCC(O)CNC(C)/N=C\C(C)CN. The molecular formula is C10H23N3O. The molecule has 14 heavy (non-hydrogen) atoms. The van der Waals surface area contributed by atoms with Crippen molar-refractivity contribution in [3.05, 3.63) is 0 Å². The smallest absolute Gasteiger partial charge is 0.0962 e. The van der Waals surface area contributed by atoms with Crippen molar-refractivity contribution in [2.75, 3.05) is 13.1 Å². The van der Waals surface area contributed by atoms with Gasteiger partial charge in [0.05, 0.1) is 12.3 Å². The lowest BCUT2D eigenvalue weighted by atomic mass is 10.2. The van der Waals surface area contributed by atoms with Crippen LogP contribution in [0.2, 0.25) is 0 Å². The van der Waals surface area contributed by atoms with E-state index in [1.807, 2.05) is 27.0 Å². The summed E-state index contributed by atoms with van der Waals surface area (Å²) < 4.78 is 0. The van der Waals surface area contributed by atoms with Crippen LogP contribution in [-0.2, 0) is 0 Å². The molecule has 0 aromatic heterocycles. The first-order chi connectivity index (χ1) is 6.60. The first-order valence-electron chi connectivity index (χ1n) is 5.24. The molecule has 0 aromatic rings. The van der Waals surface area contributed by atoms with Crippen molar-refractivity contribution in [1.29, 1.82) is 0 Å². The molecule has 0 saturated carbocycles. The highest BCUT2D eigenvalue weighted by Crippen LogP contribution is 1.91. The van der Waals surface area contributed by atoms with Crippen molar-refractivity contribution >= 4 is 6.21 Å². The molecule has 0 aromatic carbocycles. The highest BCUT2D eigenvalue weighted by molar-refractivity contribution is 5.60. The summed E-state index contributed by atoms with van der Waals surface area (Å²) in [4.78, 5) is 4.27. The van der Waals surface area contributed by atoms with E-state index in [2.05, 4.69) is 10.3 Å². The first-order valence-corrected chi connectivity index (χ1v) is 5.24. The number of aliphatic hydroxyl groups excluding tert-OH is 1. The minimum atomic E-state index is -0.278. The molecule has 0 fully saturated rings. The van der Waals surface area contributed by atoms with E-state index in [1.165, 1.54) is 0 Å². The number of nitrogens with one attached hydrogen (secondary N) is 1. The van der Waals surface area contributed by atoms with Gasteiger partial charge in [0.1, 0.15) is 0 Å². The van der Waals surface area contributed by atoms with E-state index in [1.54, 1.807) is 0 Å². The summed E-state index contributed by atoms with van der Waals surface area (Å²) in [5.74, 6) is 0.315. The molecule has 3 atom stereocenters. The Hall–Kier alpha value is -0.450. The molecule has 0 radical (unpaired) electrons. The highest BCUT2D eigenvalue weighted by Gasteiger charge is 2.02. The van der Waals surface area contributed by atoms with Crippen molar-refractivity contribution in [3.63, 3.8) is 0 Å². The van der Waals surface area contributed by atoms with Crippen LogP contribution in [0.5, 0.6) is 0 Å². The Morgan fingerprint density at radius 1 is 1.50 bits per heavy atom. The van der Waals surface area contributed by atoms with Gasteiger partial charge >= 0.3 is 0 Å². The van der Waals surface area contributed by atoms with Gasteiger partial charge in [0.2, 0.25) is 0 Å². The van der Waals surface area contributed by atoms with E-state index in [0.29, 0.717) is 19.0 Å². The summed E-state index contributed by atoms with van der Waals surface area (Å²) in [5, 5.41) is 12.4. The number of aliphatic hydroxyl groups is 1. The van der Waals surface area contributed by atoms with Crippen LogP contribution < -0.4 is 11.1 Å². The predicted octanol–water partition coefficient (Wildman–Crippen LogP) is 0.359. The number of aliphatic imine (C=N–C) groups is 1. The Bertz CT molecular complexity index is 161. The molecule has 0 rings (SSSR count). The molecule has 3 unspecified atom stereocenters. The molecule has 4 nitrogen and oxygen atoms in total. The third-order valence-electron chi connectivity index (χ3n) is 2.06. The molecule has 0 bridgehead atoms. The third-order valence-corrected chi connectivity index (χ3v) is 2.06. The Morgan fingerprint density at radius 2 is 2.14 bits per heavy atom. The van der Waals surface area contributed by atoms with Gasteiger partial charge in [-0.05, 0) is 19.9 Å². The fraction of sp³-hybridized carbons (Fsp3) is 0.900. The van der Waals surface area contributed by atoms with Gasteiger partial charge in [-0.25, -0.2) is 0 Å². The number of nitrogens with zero attached hydrogens (tertiary/aromatic N) is 1. The van der Waals surface area contributed by atoms with Gasteiger partial charge in [-0.15, -0.1) is 0 Å². The predicted molar refractivity (Wildman–Crippen MR) is 60.5 cm³/mol. The van der Waals surface area contributed by atoms with Crippen LogP contribution in [0, 0.1) is 5.92 Å². The normalized spacial score (nSPS) is 18.4. The second-order valence-electron chi connectivity index (χ2n) is 3.66. The Labute approximate surface area is 86.6 Å². The fourth-order valence-corrected chi connectivity index (χ4v) is 0.841. The summed E-state index contributed by atoms with van der Waals surface area (Å²) in [6.45, 7) is 7.15. The monoisotopic (exact) mass is 201 g/mol. The Balaban J connectivity index is 3.64. The quantitative estimate of drug-likeness (QED) is 0.521. The molecule has 0 aliphatic carbocycles. The minimum absolute atomic E-state index is 0.0465. The van der Waals surface area contributed by atoms with Crippen LogP contribution in [-0.4, -0.2) is 36.7 Å². The van der Waals surface area contributed by atoms with E-state index in [9.17, 15) is 5.11 Å². The fourth-order valence-electron chi connectivity index (χ4n) is 0.841. The minimum Gasteiger partial charge on any atom is -0.392 e. The Kier molecular flexibility index (Phi) is 7.65. The van der Waals surface area contributed by atoms with Crippen molar-refractivity contribution < 1.29 is 5.11 Å². The van der Waals surface area contributed by atoms with Gasteiger partial charge in [0.15, 0.2) is 0 Å². The maximum atomic E-state index is 9.30. The summed E-state index contributed by atoms with van der Waals surface area (Å²) in [5.41, 5.74) is 5.45. The zero-order valence-electron chi connectivity index (χ0n) is 9.40. The molecule has 0 amide bonds. The molecule has 0 saturated heterocycles. The number of nitrogens with two attached hydrogens (primary N) is 1. The van der Waals surface area contributed by atoms with E-state index in [4.69, 9.17) is 5.73 Å². The molecule has 4 N–H and O–H groups in total. The van der Waals surface area contributed by atoms with Gasteiger partial charge in [-0.2, -0.15) is 0 Å². The molecule has 0 aliphatic heterocycles. The molecule has 84 valence electrons. The van der Waals surface area contributed by atoms with Crippen molar-refractivity contribution in [2.45, 2.75) is 39.5 Å². The lowest BCUT2D eigenvalue weighted by Crippen LogP contribution is -2.32. The lowest BCUT2D eigenvalue weighted by Gasteiger charge is -2.13. The zero-order valence-corrected chi connectivity index (χ0v) is 9.40. The summed E-state index contributed by atoms with van der Waals surface area (Å²) >= 11 is 0. The number of rotatable bonds is 7. The van der Waals surface area contributed by atoms with Crippen LogP contribution in [0.1, 0.15) is 27.2 Å². The van der Waals surface area contributed by atoms with Crippen LogP contribution in [0.3, 0.4) is 0 Å². The van der Waals surface area contributed by atoms with E-state index in [-0.39, 0.29) is 12.3 Å². The van der Waals surface area contributed by atoms with Crippen molar-refractivity contribution in [3.8, 4) is 0 Å². The van der Waals surface area contributed by atoms with Crippen molar-refractivity contribution in [1.82, 2.24) is 5.32 Å². The standard InChI is InChI=1S/C10H23N3O/c1-4-10(14)7-13-9(3)12-6-8(2)5-11/h6,8-10,13-14H,4-5,7,11H2,1-3H3/b12-6-. The second-order valence-corrected chi connectivity index (χ2v) is 3.66. The van der Waals surface area contributed by atoms with Gasteiger partial charge in [-0.3, -0.25) is 10.3 Å². The van der Waals surface area contributed by atoms with E-state index in [0.717, 1.165) is 6.42 Å². The maximum absolute atomic E-state index is 9.30.